The molecule has 0 heterocycles. The van der Waals surface area contributed by atoms with Crippen LogP contribution in [0.15, 0.2) is 0 Å². The predicted molar refractivity (Wildman–Crippen MR) is 36.1 cm³/mol. The molecule has 53 valence electrons. The second kappa shape index (κ2) is 5.64. The third-order valence-electron chi connectivity index (χ3n) is 0.596. The molecule has 1 radical (unpaired) electrons. The number of hydrogen-bond acceptors (Lipinski definition) is 2. The van der Waals surface area contributed by atoms with Crippen LogP contribution in [0, 0.1) is 0 Å². The van der Waals surface area contributed by atoms with Gasteiger partial charge in [0, 0.05) is 29.6 Å². The van der Waals surface area contributed by atoms with Crippen LogP contribution in [0.5, 0.6) is 0 Å². The molecule has 0 aliphatic rings. The van der Waals surface area contributed by atoms with Crippen molar-refractivity contribution in [3.63, 3.8) is 0 Å². The van der Waals surface area contributed by atoms with E-state index in [1.54, 1.807) is 0 Å². The van der Waals surface area contributed by atoms with Crippen molar-refractivity contribution < 1.29 is 18.4 Å². The second-order valence-electron chi connectivity index (χ2n) is 1.56. The molecule has 0 saturated carbocycles. The zero-order valence-electron chi connectivity index (χ0n) is 5.75. The first-order valence-electron chi connectivity index (χ1n) is 1.91. The summed E-state index contributed by atoms with van der Waals surface area (Å²) < 4.78 is 27.8. The molecule has 0 amide bonds. The van der Waals surface area contributed by atoms with Crippen LogP contribution in [0.3, 0.4) is 0 Å². The minimum Gasteiger partial charge on any atom is -0.412 e. The Bertz CT molecular complexity index is 138. The minimum atomic E-state index is -3.74. The summed E-state index contributed by atoms with van der Waals surface area (Å²) in [6, 6.07) is 0. The van der Waals surface area contributed by atoms with Gasteiger partial charge in [-0.25, -0.2) is 0 Å². The van der Waals surface area contributed by atoms with Crippen molar-refractivity contribution in [2.24, 2.45) is 0 Å². The van der Waals surface area contributed by atoms with Gasteiger partial charge < -0.3 is 5.48 Å². The summed E-state index contributed by atoms with van der Waals surface area (Å²) in [7, 11) is -3.74. The third-order valence-corrected chi connectivity index (χ3v) is 1.79. The molecule has 6 heteroatoms. The van der Waals surface area contributed by atoms with Crippen molar-refractivity contribution in [2.45, 2.75) is 19.1 Å². The number of hydrogen-bond donors (Lipinski definition) is 1. The zero-order chi connectivity index (χ0) is 6.08. The van der Waals surface area contributed by atoms with Gasteiger partial charge in [-0.2, -0.15) is 8.42 Å². The fraction of sp³-hybridized carbons (Fsp3) is 1.00. The van der Waals surface area contributed by atoms with Gasteiger partial charge in [-0.05, 0) is 13.8 Å². The Labute approximate surface area is 77.0 Å². The van der Waals surface area contributed by atoms with Crippen molar-refractivity contribution in [3.8, 4) is 0 Å². The van der Waals surface area contributed by atoms with Crippen LogP contribution < -0.4 is 0 Å². The summed E-state index contributed by atoms with van der Waals surface area (Å²) in [5.41, 5.74) is 0. The summed E-state index contributed by atoms with van der Waals surface area (Å²) in [5.74, 6) is 0. The first kappa shape index (κ1) is 16.5. The Morgan fingerprint density at radius 1 is 1.33 bits per heavy atom. The van der Waals surface area contributed by atoms with E-state index in [0.717, 1.165) is 0 Å². The molecule has 0 aromatic rings. The Hall–Kier alpha value is 0.870. The largest absolute Gasteiger partial charge is 0.412 e. The van der Waals surface area contributed by atoms with Gasteiger partial charge in [0.1, 0.15) is 0 Å². The van der Waals surface area contributed by atoms with Crippen LogP contribution in [-0.2, 0) is 10.1 Å². The quantitative estimate of drug-likeness (QED) is 0.402. The summed E-state index contributed by atoms with van der Waals surface area (Å²) in [4.78, 5) is 0. The van der Waals surface area contributed by atoms with Gasteiger partial charge in [-0.15, -0.1) is 0 Å². The monoisotopic (exact) mass is 165 g/mol. The SMILES string of the molecule is CC(C)S(=O)(=O)O.O.[Na]. The van der Waals surface area contributed by atoms with E-state index in [4.69, 9.17) is 4.55 Å². The summed E-state index contributed by atoms with van der Waals surface area (Å²) in [6.45, 7) is 2.82. The average molecular weight is 165 g/mol. The molecule has 0 atom stereocenters. The minimum absolute atomic E-state index is 0. The van der Waals surface area contributed by atoms with E-state index < -0.39 is 15.4 Å². The molecular weight excluding hydrogens is 155 g/mol. The van der Waals surface area contributed by atoms with E-state index in [-0.39, 0.29) is 35.0 Å². The maximum absolute atomic E-state index is 9.89. The molecule has 0 unspecified atom stereocenters. The number of rotatable bonds is 1. The van der Waals surface area contributed by atoms with Crippen LogP contribution in [0.2, 0.25) is 0 Å². The molecule has 0 fully saturated rings. The summed E-state index contributed by atoms with van der Waals surface area (Å²) in [5, 5.41) is -0.674. The molecule has 4 nitrogen and oxygen atoms in total. The van der Waals surface area contributed by atoms with Crippen LogP contribution >= 0.6 is 0 Å². The van der Waals surface area contributed by atoms with Gasteiger partial charge in [-0.1, -0.05) is 0 Å². The summed E-state index contributed by atoms with van der Waals surface area (Å²) >= 11 is 0. The summed E-state index contributed by atoms with van der Waals surface area (Å²) in [6.07, 6.45) is 0. The van der Waals surface area contributed by atoms with Crippen LogP contribution in [-0.4, -0.2) is 53.3 Å². The van der Waals surface area contributed by atoms with Gasteiger partial charge in [-0.3, -0.25) is 4.55 Å². The molecule has 0 rings (SSSR count). The Balaban J connectivity index is -0.000000180. The van der Waals surface area contributed by atoms with Crippen molar-refractivity contribution in [1.29, 1.82) is 0 Å². The maximum atomic E-state index is 9.89. The first-order chi connectivity index (χ1) is 2.94. The van der Waals surface area contributed by atoms with Crippen molar-refractivity contribution in [3.05, 3.63) is 0 Å². The molecule has 9 heavy (non-hydrogen) atoms. The van der Waals surface area contributed by atoms with Crippen molar-refractivity contribution in [2.75, 3.05) is 0 Å². The van der Waals surface area contributed by atoms with Crippen LogP contribution in [0.4, 0.5) is 0 Å². The van der Waals surface area contributed by atoms with Gasteiger partial charge in [0.25, 0.3) is 10.1 Å². The van der Waals surface area contributed by atoms with E-state index in [1.807, 2.05) is 0 Å². The zero-order valence-corrected chi connectivity index (χ0v) is 8.57. The molecule has 0 saturated heterocycles. The second-order valence-corrected chi connectivity index (χ2v) is 3.54. The Kier molecular flexibility index (Phi) is 10.3. The Morgan fingerprint density at radius 3 is 1.44 bits per heavy atom. The van der Waals surface area contributed by atoms with E-state index in [1.165, 1.54) is 13.8 Å². The van der Waals surface area contributed by atoms with E-state index in [0.29, 0.717) is 0 Å². The van der Waals surface area contributed by atoms with E-state index in [9.17, 15) is 8.42 Å². The van der Waals surface area contributed by atoms with Crippen LogP contribution in [0.25, 0.3) is 0 Å². The van der Waals surface area contributed by atoms with Gasteiger partial charge >= 0.3 is 0 Å². The topological polar surface area (TPSA) is 85.9 Å². The third kappa shape index (κ3) is 8.87. The standard InChI is InChI=1S/C3H8O3S.Na.H2O/c1-3(2)7(4,5)6;;/h3H,1-2H3,(H,4,5,6);;1H2. The molecule has 0 aromatic carbocycles. The average Bonchev–Trinajstić information content (AvgIpc) is 1.31. The predicted octanol–water partition coefficient (Wildman–Crippen LogP) is -0.923. The molecular formula is C3H10NaO4S. The normalized spacial score (nSPS) is 9.78. The van der Waals surface area contributed by atoms with Crippen molar-refractivity contribution >= 4 is 39.7 Å². The maximum Gasteiger partial charge on any atom is 0.267 e. The fourth-order valence-electron chi connectivity index (χ4n) is 0. The van der Waals surface area contributed by atoms with Crippen molar-refractivity contribution in [1.82, 2.24) is 0 Å². The molecule has 0 aliphatic carbocycles. The molecule has 0 aliphatic heterocycles. The van der Waals surface area contributed by atoms with Gasteiger partial charge in [0.2, 0.25) is 0 Å². The van der Waals surface area contributed by atoms with Crippen LogP contribution in [0.1, 0.15) is 13.8 Å². The van der Waals surface area contributed by atoms with Gasteiger partial charge in [0.05, 0.1) is 5.25 Å². The Morgan fingerprint density at radius 2 is 1.44 bits per heavy atom. The van der Waals surface area contributed by atoms with Gasteiger partial charge in [0.15, 0.2) is 0 Å². The molecule has 3 N–H and O–H groups in total. The van der Waals surface area contributed by atoms with E-state index >= 15 is 0 Å². The first-order valence-corrected chi connectivity index (χ1v) is 3.41. The molecule has 0 bridgehead atoms. The molecule has 0 spiro atoms. The molecule has 0 aromatic heterocycles. The fourth-order valence-corrected chi connectivity index (χ4v) is 0. The smallest absolute Gasteiger partial charge is 0.267 e. The van der Waals surface area contributed by atoms with E-state index in [2.05, 4.69) is 0 Å².